The van der Waals surface area contributed by atoms with Gasteiger partial charge in [-0.05, 0) is 49.2 Å². The van der Waals surface area contributed by atoms with Crippen molar-refractivity contribution in [3.05, 3.63) is 57.0 Å². The van der Waals surface area contributed by atoms with E-state index in [-0.39, 0.29) is 18.4 Å². The van der Waals surface area contributed by atoms with Gasteiger partial charge in [0, 0.05) is 29.8 Å². The SMILES string of the molecule is COC(=O)C1(C(=O)OC)Cc2c(c(C)n(-c3ccc(OC)cc3)c(=O)c2C)C1. The van der Waals surface area contributed by atoms with E-state index in [2.05, 4.69) is 0 Å². The topological polar surface area (TPSA) is 83.8 Å². The number of benzene rings is 1. The van der Waals surface area contributed by atoms with Crippen LogP contribution in [-0.4, -0.2) is 37.8 Å². The van der Waals surface area contributed by atoms with Crippen LogP contribution in [0.4, 0.5) is 0 Å². The number of rotatable bonds is 4. The summed E-state index contributed by atoms with van der Waals surface area (Å²) in [6.07, 6.45) is 0.220. The summed E-state index contributed by atoms with van der Waals surface area (Å²) in [5.74, 6) is -0.627. The van der Waals surface area contributed by atoms with Gasteiger partial charge in [0.15, 0.2) is 5.41 Å². The summed E-state index contributed by atoms with van der Waals surface area (Å²) < 4.78 is 16.6. The van der Waals surface area contributed by atoms with Crippen molar-refractivity contribution >= 4 is 11.9 Å². The van der Waals surface area contributed by atoms with Gasteiger partial charge in [0.2, 0.25) is 0 Å². The lowest BCUT2D eigenvalue weighted by molar-refractivity contribution is -0.168. The predicted molar refractivity (Wildman–Crippen MR) is 102 cm³/mol. The minimum atomic E-state index is -1.47. The van der Waals surface area contributed by atoms with Crippen LogP contribution in [0.2, 0.25) is 0 Å². The lowest BCUT2D eigenvalue weighted by Crippen LogP contribution is -2.42. The number of carbonyl (C=O) groups is 2. The molecule has 1 aliphatic carbocycles. The molecule has 3 rings (SSSR count). The maximum Gasteiger partial charge on any atom is 0.323 e. The maximum atomic E-state index is 13.1. The lowest BCUT2D eigenvalue weighted by atomic mass is 9.84. The molecule has 0 fully saturated rings. The zero-order chi connectivity index (χ0) is 20.6. The highest BCUT2D eigenvalue weighted by Crippen LogP contribution is 2.41. The van der Waals surface area contributed by atoms with Gasteiger partial charge in [0.05, 0.1) is 21.3 Å². The molecule has 0 unspecified atom stereocenters. The summed E-state index contributed by atoms with van der Waals surface area (Å²) in [5.41, 5.74) is 1.73. The molecule has 0 N–H and O–H groups in total. The first-order chi connectivity index (χ1) is 13.3. The quantitative estimate of drug-likeness (QED) is 0.590. The number of carbonyl (C=O) groups excluding carboxylic acids is 2. The summed E-state index contributed by atoms with van der Waals surface area (Å²) in [5, 5.41) is 0. The Morgan fingerprint density at radius 2 is 1.46 bits per heavy atom. The number of fused-ring (bicyclic) bond motifs is 1. The largest absolute Gasteiger partial charge is 0.497 e. The van der Waals surface area contributed by atoms with Gasteiger partial charge < -0.3 is 14.2 Å². The molecule has 0 amide bonds. The average molecular weight is 385 g/mol. The minimum Gasteiger partial charge on any atom is -0.497 e. The van der Waals surface area contributed by atoms with E-state index in [0.29, 0.717) is 28.3 Å². The third-order valence-corrected chi connectivity index (χ3v) is 5.55. The molecule has 1 aromatic heterocycles. The van der Waals surface area contributed by atoms with Gasteiger partial charge in [-0.25, -0.2) is 0 Å². The van der Waals surface area contributed by atoms with E-state index in [1.54, 1.807) is 42.9 Å². The van der Waals surface area contributed by atoms with Gasteiger partial charge in [-0.2, -0.15) is 0 Å². The molecule has 0 spiro atoms. The summed E-state index contributed by atoms with van der Waals surface area (Å²) in [4.78, 5) is 38.1. The number of aromatic nitrogens is 1. The number of nitrogens with zero attached hydrogens (tertiary/aromatic N) is 1. The first-order valence-corrected chi connectivity index (χ1v) is 8.86. The summed E-state index contributed by atoms with van der Waals surface area (Å²) in [7, 11) is 4.06. The molecule has 1 aromatic carbocycles. The normalized spacial score (nSPS) is 14.3. The zero-order valence-electron chi connectivity index (χ0n) is 16.6. The first kappa shape index (κ1) is 19.7. The Morgan fingerprint density at radius 3 is 1.96 bits per heavy atom. The lowest BCUT2D eigenvalue weighted by Gasteiger charge is -2.22. The average Bonchev–Trinajstić information content (AvgIpc) is 3.14. The molecule has 0 saturated carbocycles. The highest BCUT2D eigenvalue weighted by molar-refractivity contribution is 6.01. The Balaban J connectivity index is 2.20. The van der Waals surface area contributed by atoms with Crippen LogP contribution in [0.3, 0.4) is 0 Å². The number of hydrogen-bond acceptors (Lipinski definition) is 6. The molecule has 7 heteroatoms. The number of methoxy groups -OCH3 is 3. The third-order valence-electron chi connectivity index (χ3n) is 5.55. The van der Waals surface area contributed by atoms with Gasteiger partial charge in [-0.1, -0.05) is 0 Å². The minimum absolute atomic E-state index is 0.0903. The summed E-state index contributed by atoms with van der Waals surface area (Å²) in [6, 6.07) is 7.14. The van der Waals surface area contributed by atoms with E-state index >= 15 is 0 Å². The Morgan fingerprint density at radius 1 is 0.929 bits per heavy atom. The van der Waals surface area contributed by atoms with Crippen LogP contribution < -0.4 is 10.3 Å². The zero-order valence-corrected chi connectivity index (χ0v) is 16.6. The molecular formula is C21H23NO6. The maximum absolute atomic E-state index is 13.1. The molecule has 2 aromatic rings. The molecule has 7 nitrogen and oxygen atoms in total. The standard InChI is InChI=1S/C21H23NO6/c1-12-16-10-21(19(24)27-4,20(25)28-5)11-17(16)13(2)22(18(12)23)14-6-8-15(26-3)9-7-14/h6-9H,10-11H2,1-5H3. The van der Waals surface area contributed by atoms with Crippen molar-refractivity contribution in [2.75, 3.05) is 21.3 Å². The molecule has 0 bridgehead atoms. The summed E-state index contributed by atoms with van der Waals surface area (Å²) >= 11 is 0. The van der Waals surface area contributed by atoms with E-state index in [9.17, 15) is 14.4 Å². The molecular weight excluding hydrogens is 362 g/mol. The van der Waals surface area contributed by atoms with E-state index < -0.39 is 17.4 Å². The molecule has 0 radical (unpaired) electrons. The second-order valence-corrected chi connectivity index (χ2v) is 6.92. The van der Waals surface area contributed by atoms with Gasteiger partial charge in [-0.15, -0.1) is 0 Å². The van der Waals surface area contributed by atoms with Crippen LogP contribution in [0.1, 0.15) is 22.4 Å². The molecule has 1 heterocycles. The fourth-order valence-corrected chi connectivity index (χ4v) is 3.97. The summed E-state index contributed by atoms with van der Waals surface area (Å²) in [6.45, 7) is 3.53. The van der Waals surface area contributed by atoms with E-state index in [1.807, 2.05) is 6.92 Å². The van der Waals surface area contributed by atoms with E-state index in [4.69, 9.17) is 14.2 Å². The Labute approximate surface area is 162 Å². The van der Waals surface area contributed by atoms with Gasteiger partial charge in [0.25, 0.3) is 5.56 Å². The predicted octanol–water partition coefficient (Wildman–Crippen LogP) is 1.89. The van der Waals surface area contributed by atoms with Crippen molar-refractivity contribution in [2.24, 2.45) is 5.41 Å². The smallest absolute Gasteiger partial charge is 0.323 e. The molecule has 0 saturated heterocycles. The van der Waals surface area contributed by atoms with Gasteiger partial charge in [-0.3, -0.25) is 19.0 Å². The highest BCUT2D eigenvalue weighted by atomic mass is 16.5. The number of pyridine rings is 1. The Bertz CT molecular complexity index is 987. The number of hydrogen-bond donors (Lipinski definition) is 0. The third kappa shape index (κ3) is 2.78. The second kappa shape index (κ2) is 7.14. The van der Waals surface area contributed by atoms with Gasteiger partial charge in [0.1, 0.15) is 5.75 Å². The van der Waals surface area contributed by atoms with E-state index in [0.717, 1.165) is 5.56 Å². The van der Waals surface area contributed by atoms with Crippen LogP contribution in [0.15, 0.2) is 29.1 Å². The van der Waals surface area contributed by atoms with Crippen LogP contribution in [0, 0.1) is 19.3 Å². The first-order valence-electron chi connectivity index (χ1n) is 8.86. The fourth-order valence-electron chi connectivity index (χ4n) is 3.97. The van der Waals surface area contributed by atoms with Crippen molar-refractivity contribution in [3.8, 4) is 11.4 Å². The van der Waals surface area contributed by atoms with Crippen molar-refractivity contribution in [1.29, 1.82) is 0 Å². The molecule has 148 valence electrons. The monoisotopic (exact) mass is 385 g/mol. The van der Waals surface area contributed by atoms with Crippen LogP contribution in [0.5, 0.6) is 5.75 Å². The second-order valence-electron chi connectivity index (χ2n) is 6.92. The van der Waals surface area contributed by atoms with Crippen molar-refractivity contribution in [1.82, 2.24) is 4.57 Å². The Kier molecular flexibility index (Phi) is 5.02. The molecule has 0 atom stereocenters. The fraction of sp³-hybridized carbons (Fsp3) is 0.381. The Hall–Kier alpha value is -3.09. The van der Waals surface area contributed by atoms with Crippen molar-refractivity contribution in [3.63, 3.8) is 0 Å². The molecule has 0 aliphatic heterocycles. The number of ether oxygens (including phenoxy) is 3. The van der Waals surface area contributed by atoms with Gasteiger partial charge >= 0.3 is 11.9 Å². The van der Waals surface area contributed by atoms with E-state index in [1.165, 1.54) is 14.2 Å². The van der Waals surface area contributed by atoms with Crippen LogP contribution in [0.25, 0.3) is 5.69 Å². The van der Waals surface area contributed by atoms with Crippen LogP contribution in [-0.2, 0) is 31.9 Å². The van der Waals surface area contributed by atoms with Crippen molar-refractivity contribution < 1.29 is 23.8 Å². The number of esters is 2. The van der Waals surface area contributed by atoms with Crippen molar-refractivity contribution in [2.45, 2.75) is 26.7 Å². The highest BCUT2D eigenvalue weighted by Gasteiger charge is 2.53. The molecule has 28 heavy (non-hydrogen) atoms. The molecule has 1 aliphatic rings. The van der Waals surface area contributed by atoms with Crippen LogP contribution >= 0.6 is 0 Å².